The Morgan fingerprint density at radius 1 is 0.706 bits per heavy atom. The summed E-state index contributed by atoms with van der Waals surface area (Å²) in [6.45, 7) is 21.2. The molecule has 0 saturated carbocycles. The van der Waals surface area contributed by atoms with E-state index in [9.17, 15) is 10.2 Å². The molecule has 2 fully saturated rings. The molecule has 34 heavy (non-hydrogen) atoms. The van der Waals surface area contributed by atoms with E-state index in [2.05, 4.69) is 32.8 Å². The van der Waals surface area contributed by atoms with Crippen molar-refractivity contribution in [3.8, 4) is 11.5 Å². The van der Waals surface area contributed by atoms with Crippen molar-refractivity contribution in [2.45, 2.75) is 26.1 Å². The minimum atomic E-state index is -0.542. The molecule has 3 rings (SSSR count). The van der Waals surface area contributed by atoms with Gasteiger partial charge in [0.15, 0.2) is 0 Å². The van der Waals surface area contributed by atoms with Crippen molar-refractivity contribution in [1.82, 2.24) is 19.6 Å². The number of benzene rings is 1. The number of allylic oxidation sites excluding steroid dienone is 2. The van der Waals surface area contributed by atoms with Gasteiger partial charge in [0.1, 0.15) is 36.9 Å². The van der Waals surface area contributed by atoms with Gasteiger partial charge in [0.25, 0.3) is 0 Å². The fourth-order valence-electron chi connectivity index (χ4n) is 4.34. The summed E-state index contributed by atoms with van der Waals surface area (Å²) in [5.41, 5.74) is 2.20. The van der Waals surface area contributed by atoms with Crippen LogP contribution in [0, 0.1) is 0 Å². The second-order valence-corrected chi connectivity index (χ2v) is 9.45. The van der Waals surface area contributed by atoms with Crippen molar-refractivity contribution >= 4 is 0 Å². The highest BCUT2D eigenvalue weighted by Crippen LogP contribution is 2.18. The summed E-state index contributed by atoms with van der Waals surface area (Å²) in [4.78, 5) is 9.06. The lowest BCUT2D eigenvalue weighted by molar-refractivity contribution is 0.0506. The molecule has 2 N–H and O–H groups in total. The maximum atomic E-state index is 10.4. The van der Waals surface area contributed by atoms with E-state index in [0.717, 1.165) is 63.8 Å². The maximum Gasteiger partial charge on any atom is 0.119 e. The summed E-state index contributed by atoms with van der Waals surface area (Å²) in [7, 11) is 0. The Hall–Kier alpha value is -2.26. The predicted octanol–water partition coefficient (Wildman–Crippen LogP) is 1.47. The quantitative estimate of drug-likeness (QED) is 0.472. The van der Waals surface area contributed by atoms with Crippen molar-refractivity contribution in [1.29, 1.82) is 0 Å². The molecule has 190 valence electrons. The molecule has 2 aliphatic heterocycles. The first-order valence-electron chi connectivity index (χ1n) is 12.3. The Bertz CT molecular complexity index is 707. The predicted molar refractivity (Wildman–Crippen MR) is 135 cm³/mol. The molecule has 8 nitrogen and oxygen atoms in total. The lowest BCUT2D eigenvalue weighted by atomic mass is 10.2. The number of aliphatic hydroxyl groups is 2. The molecule has 0 unspecified atom stereocenters. The van der Waals surface area contributed by atoms with E-state index in [-0.39, 0.29) is 13.2 Å². The third-order valence-electron chi connectivity index (χ3n) is 6.47. The Morgan fingerprint density at radius 3 is 1.32 bits per heavy atom. The summed E-state index contributed by atoms with van der Waals surface area (Å²) in [6, 6.07) is 7.32. The van der Waals surface area contributed by atoms with Gasteiger partial charge in [-0.1, -0.05) is 13.2 Å². The minimum absolute atomic E-state index is 0.248. The van der Waals surface area contributed by atoms with E-state index in [1.165, 1.54) is 0 Å². The third-order valence-corrected chi connectivity index (χ3v) is 6.47. The molecule has 2 heterocycles. The zero-order valence-electron chi connectivity index (χ0n) is 20.9. The number of rotatable bonds is 12. The highest BCUT2D eigenvalue weighted by molar-refractivity contribution is 5.31. The van der Waals surface area contributed by atoms with Crippen LogP contribution >= 0.6 is 0 Å². The normalized spacial score (nSPS) is 19.5. The van der Waals surface area contributed by atoms with Crippen molar-refractivity contribution in [2.24, 2.45) is 0 Å². The first-order valence-corrected chi connectivity index (χ1v) is 12.3. The average Bonchev–Trinajstić information content (AvgIpc) is 2.83. The SMILES string of the molecule is C=C(C)N1CCN(C[C@H](O)COc2ccc(OC[C@H](O)CN3CCN(C(=C)C)CC3)cc2)CC1. The maximum absolute atomic E-state index is 10.4. The minimum Gasteiger partial charge on any atom is -0.491 e. The fraction of sp³-hybridized carbons (Fsp3) is 0.615. The molecule has 2 atom stereocenters. The van der Waals surface area contributed by atoms with Gasteiger partial charge in [0, 0.05) is 76.8 Å². The zero-order chi connectivity index (χ0) is 24.5. The van der Waals surface area contributed by atoms with Crippen LogP contribution < -0.4 is 9.47 Å². The van der Waals surface area contributed by atoms with Gasteiger partial charge in [0.05, 0.1) is 0 Å². The molecule has 0 amide bonds. The molecule has 8 heteroatoms. The largest absolute Gasteiger partial charge is 0.491 e. The number of hydrogen-bond donors (Lipinski definition) is 2. The monoisotopic (exact) mass is 474 g/mol. The topological polar surface area (TPSA) is 71.9 Å². The van der Waals surface area contributed by atoms with E-state index < -0.39 is 12.2 Å². The Morgan fingerprint density at radius 2 is 1.03 bits per heavy atom. The molecule has 0 spiro atoms. The Balaban J connectivity index is 1.30. The number of hydrogen-bond acceptors (Lipinski definition) is 8. The Kier molecular flexibility index (Phi) is 10.1. The van der Waals surface area contributed by atoms with Gasteiger partial charge in [-0.05, 0) is 38.1 Å². The summed E-state index contributed by atoms with van der Waals surface area (Å²) in [5.74, 6) is 1.38. The van der Waals surface area contributed by atoms with Crippen molar-refractivity contribution in [3.63, 3.8) is 0 Å². The van der Waals surface area contributed by atoms with Crippen LogP contribution in [0.1, 0.15) is 13.8 Å². The molecule has 0 bridgehead atoms. The standard InChI is InChI=1S/C26H42N4O4/c1-21(2)29-13-9-27(10-14-29)17-23(31)19-33-25-5-7-26(8-6-25)34-20-24(32)18-28-11-15-30(16-12-28)22(3)4/h5-8,23-24,31-32H,1,3,9-20H2,2,4H3/t23-,24+. The number of β-amino-alcohol motifs (C(OH)–C–C–N with tert-alkyl or cyclic N) is 2. The van der Waals surface area contributed by atoms with Crippen LogP contribution in [-0.2, 0) is 0 Å². The van der Waals surface area contributed by atoms with Crippen LogP contribution in [0.2, 0.25) is 0 Å². The molecule has 0 aromatic heterocycles. The molecular weight excluding hydrogens is 432 g/mol. The van der Waals surface area contributed by atoms with Gasteiger partial charge >= 0.3 is 0 Å². The van der Waals surface area contributed by atoms with Crippen LogP contribution in [0.5, 0.6) is 11.5 Å². The van der Waals surface area contributed by atoms with Crippen molar-refractivity contribution in [2.75, 3.05) is 78.7 Å². The van der Waals surface area contributed by atoms with Gasteiger partial charge < -0.3 is 29.5 Å². The fourth-order valence-corrected chi connectivity index (χ4v) is 4.34. The Labute approximate surface area is 204 Å². The van der Waals surface area contributed by atoms with Gasteiger partial charge in [0.2, 0.25) is 0 Å². The molecule has 1 aromatic rings. The highest BCUT2D eigenvalue weighted by atomic mass is 16.5. The second kappa shape index (κ2) is 13.0. The summed E-state index contributed by atoms with van der Waals surface area (Å²) in [5, 5.41) is 20.7. The number of piperazine rings is 2. The van der Waals surface area contributed by atoms with Crippen LogP contribution in [0.4, 0.5) is 0 Å². The van der Waals surface area contributed by atoms with Crippen LogP contribution in [0.25, 0.3) is 0 Å². The third kappa shape index (κ3) is 8.51. The van der Waals surface area contributed by atoms with Gasteiger partial charge in [-0.3, -0.25) is 9.80 Å². The van der Waals surface area contributed by atoms with Crippen LogP contribution in [0.15, 0.2) is 48.8 Å². The van der Waals surface area contributed by atoms with E-state index in [1.807, 2.05) is 38.1 Å². The van der Waals surface area contributed by atoms with Crippen molar-refractivity contribution in [3.05, 3.63) is 48.8 Å². The summed E-state index contributed by atoms with van der Waals surface area (Å²) < 4.78 is 11.5. The van der Waals surface area contributed by atoms with Gasteiger partial charge in [-0.15, -0.1) is 0 Å². The molecule has 2 aliphatic rings. The average molecular weight is 475 g/mol. The number of aliphatic hydroxyl groups excluding tert-OH is 2. The van der Waals surface area contributed by atoms with E-state index in [1.54, 1.807) is 0 Å². The second-order valence-electron chi connectivity index (χ2n) is 9.45. The first kappa shape index (κ1) is 26.3. The summed E-state index contributed by atoms with van der Waals surface area (Å²) in [6.07, 6.45) is -1.08. The lowest BCUT2D eigenvalue weighted by Gasteiger charge is -2.36. The van der Waals surface area contributed by atoms with E-state index in [4.69, 9.17) is 9.47 Å². The zero-order valence-corrected chi connectivity index (χ0v) is 20.9. The van der Waals surface area contributed by atoms with Crippen LogP contribution in [0.3, 0.4) is 0 Å². The number of nitrogens with zero attached hydrogens (tertiary/aromatic N) is 4. The molecule has 0 radical (unpaired) electrons. The smallest absolute Gasteiger partial charge is 0.119 e. The van der Waals surface area contributed by atoms with E-state index >= 15 is 0 Å². The van der Waals surface area contributed by atoms with E-state index in [0.29, 0.717) is 24.6 Å². The van der Waals surface area contributed by atoms with Crippen molar-refractivity contribution < 1.29 is 19.7 Å². The molecule has 0 aliphatic carbocycles. The van der Waals surface area contributed by atoms with Gasteiger partial charge in [-0.25, -0.2) is 0 Å². The molecule has 2 saturated heterocycles. The molecule has 1 aromatic carbocycles. The number of ether oxygens (including phenoxy) is 2. The highest BCUT2D eigenvalue weighted by Gasteiger charge is 2.20. The summed E-state index contributed by atoms with van der Waals surface area (Å²) >= 11 is 0. The van der Waals surface area contributed by atoms with Crippen LogP contribution in [-0.4, -0.2) is 121 Å². The first-order chi connectivity index (χ1) is 16.3. The van der Waals surface area contributed by atoms with Gasteiger partial charge in [-0.2, -0.15) is 0 Å². The molecular formula is C26H42N4O4. The lowest BCUT2D eigenvalue weighted by Crippen LogP contribution is -2.48.